The second-order valence-corrected chi connectivity index (χ2v) is 7.15. The van der Waals surface area contributed by atoms with Gasteiger partial charge in [-0.3, -0.25) is 4.79 Å². The van der Waals surface area contributed by atoms with Gasteiger partial charge in [-0.2, -0.15) is 0 Å². The summed E-state index contributed by atoms with van der Waals surface area (Å²) in [5, 5.41) is 0.730. The fraction of sp³-hybridized carbons (Fsp3) is 0.316. The van der Waals surface area contributed by atoms with Gasteiger partial charge in [0.2, 0.25) is 0 Å². The van der Waals surface area contributed by atoms with Crippen molar-refractivity contribution in [1.82, 2.24) is 19.9 Å². The van der Waals surface area contributed by atoms with E-state index in [1.54, 1.807) is 18.3 Å². The smallest absolute Gasteiger partial charge is 0.257 e. The molecule has 0 radical (unpaired) electrons. The number of piperidine rings is 1. The van der Waals surface area contributed by atoms with E-state index in [0.717, 1.165) is 24.3 Å². The minimum absolute atomic E-state index is 0.0289. The topological polar surface area (TPSA) is 61.9 Å². The Morgan fingerprint density at radius 1 is 1.35 bits per heavy atom. The highest BCUT2D eigenvalue weighted by Gasteiger charge is 2.32. The highest BCUT2D eigenvalue weighted by Crippen LogP contribution is 2.33. The molecule has 1 aliphatic rings. The van der Waals surface area contributed by atoms with Crippen molar-refractivity contribution in [1.29, 1.82) is 0 Å². The van der Waals surface area contributed by atoms with Crippen molar-refractivity contribution in [3.63, 3.8) is 0 Å². The Balaban J connectivity index is 1.70. The third kappa shape index (κ3) is 3.07. The van der Waals surface area contributed by atoms with Crippen LogP contribution in [0, 0.1) is 5.82 Å². The number of H-pyrrole nitrogens is 1. The molecule has 3 aromatic rings. The summed E-state index contributed by atoms with van der Waals surface area (Å²) >= 11 is 1.47. The van der Waals surface area contributed by atoms with Crippen LogP contribution in [0.25, 0.3) is 11.0 Å². The van der Waals surface area contributed by atoms with Gasteiger partial charge in [-0.05, 0) is 55.9 Å². The van der Waals surface area contributed by atoms with Crippen molar-refractivity contribution in [2.75, 3.05) is 12.8 Å². The molecule has 1 fully saturated rings. The Bertz CT molecular complexity index is 958. The van der Waals surface area contributed by atoms with Gasteiger partial charge in [0.15, 0.2) is 0 Å². The van der Waals surface area contributed by atoms with E-state index in [1.165, 1.54) is 23.9 Å². The Labute approximate surface area is 155 Å². The molecule has 1 aliphatic heterocycles. The molecule has 1 amide bonds. The number of halogens is 1. The number of nitrogens with zero attached hydrogens (tertiary/aromatic N) is 3. The maximum Gasteiger partial charge on any atom is 0.257 e. The van der Waals surface area contributed by atoms with E-state index in [-0.39, 0.29) is 17.8 Å². The average molecular weight is 370 g/mol. The van der Waals surface area contributed by atoms with Crippen molar-refractivity contribution in [2.45, 2.75) is 30.3 Å². The quantitative estimate of drug-likeness (QED) is 0.703. The Morgan fingerprint density at radius 2 is 2.23 bits per heavy atom. The molecular weight excluding hydrogens is 351 g/mol. The number of nitrogens with one attached hydrogen (secondary N) is 1. The standard InChI is InChI=1S/C19H19FN4OS/c1-26-18-13(5-4-9-21-18)19(25)24-10-3-2-6-16(24)17-22-14-8-7-12(20)11-15(14)23-17/h4-5,7-9,11,16H,2-3,6,10H2,1H3,(H,22,23)/t16-/m1/s1. The van der Waals surface area contributed by atoms with E-state index in [9.17, 15) is 9.18 Å². The molecule has 1 atom stereocenters. The summed E-state index contributed by atoms with van der Waals surface area (Å²) in [6.45, 7) is 0.678. The molecule has 0 bridgehead atoms. The van der Waals surface area contributed by atoms with Gasteiger partial charge in [0.25, 0.3) is 5.91 Å². The van der Waals surface area contributed by atoms with E-state index >= 15 is 0 Å². The molecule has 5 nitrogen and oxygen atoms in total. The molecule has 1 aromatic carbocycles. The lowest BCUT2D eigenvalue weighted by atomic mass is 10.0. The van der Waals surface area contributed by atoms with Crippen LogP contribution < -0.4 is 0 Å². The summed E-state index contributed by atoms with van der Waals surface area (Å²) < 4.78 is 13.5. The molecule has 4 rings (SSSR count). The monoisotopic (exact) mass is 370 g/mol. The summed E-state index contributed by atoms with van der Waals surface area (Å²) in [6.07, 6.45) is 6.45. The molecule has 1 saturated heterocycles. The number of imidazole rings is 1. The van der Waals surface area contributed by atoms with Gasteiger partial charge in [0, 0.05) is 12.7 Å². The molecule has 3 heterocycles. The summed E-state index contributed by atoms with van der Waals surface area (Å²) in [5.74, 6) is 0.385. The van der Waals surface area contributed by atoms with Crippen LogP contribution in [-0.4, -0.2) is 38.6 Å². The van der Waals surface area contributed by atoms with Gasteiger partial charge >= 0.3 is 0 Å². The number of rotatable bonds is 3. The minimum Gasteiger partial charge on any atom is -0.340 e. The van der Waals surface area contributed by atoms with E-state index in [2.05, 4.69) is 15.0 Å². The number of amides is 1. The van der Waals surface area contributed by atoms with Crippen LogP contribution in [0.15, 0.2) is 41.6 Å². The van der Waals surface area contributed by atoms with E-state index in [1.807, 2.05) is 17.2 Å². The minimum atomic E-state index is -0.302. The van der Waals surface area contributed by atoms with Crippen LogP contribution in [-0.2, 0) is 0 Å². The van der Waals surface area contributed by atoms with Crippen LogP contribution in [0.1, 0.15) is 41.5 Å². The number of aromatic amines is 1. The largest absolute Gasteiger partial charge is 0.340 e. The third-order valence-electron chi connectivity index (χ3n) is 4.74. The zero-order valence-electron chi connectivity index (χ0n) is 14.4. The van der Waals surface area contributed by atoms with E-state index in [0.29, 0.717) is 29.0 Å². The summed E-state index contributed by atoms with van der Waals surface area (Å²) in [4.78, 5) is 27.2. The number of carbonyl (C=O) groups excluding carboxylic acids is 1. The first-order valence-electron chi connectivity index (χ1n) is 8.62. The number of aromatic nitrogens is 3. The first kappa shape index (κ1) is 17.0. The van der Waals surface area contributed by atoms with E-state index in [4.69, 9.17) is 0 Å². The zero-order chi connectivity index (χ0) is 18.1. The average Bonchev–Trinajstić information content (AvgIpc) is 3.10. The second kappa shape index (κ2) is 7.07. The van der Waals surface area contributed by atoms with Gasteiger partial charge in [0.1, 0.15) is 16.7 Å². The lowest BCUT2D eigenvalue weighted by molar-refractivity contribution is 0.0597. The van der Waals surface area contributed by atoms with Crippen LogP contribution in [0.5, 0.6) is 0 Å². The highest BCUT2D eigenvalue weighted by molar-refractivity contribution is 7.98. The molecule has 7 heteroatoms. The lowest BCUT2D eigenvalue weighted by Crippen LogP contribution is -2.39. The zero-order valence-corrected chi connectivity index (χ0v) is 15.2. The van der Waals surface area contributed by atoms with Crippen molar-refractivity contribution < 1.29 is 9.18 Å². The third-order valence-corrected chi connectivity index (χ3v) is 5.45. The number of likely N-dealkylation sites (tertiary alicyclic amines) is 1. The number of pyridine rings is 1. The SMILES string of the molecule is CSc1ncccc1C(=O)N1CCCC[C@@H]1c1nc2ccc(F)cc2[nH]1. The number of benzene rings is 1. The lowest BCUT2D eigenvalue weighted by Gasteiger charge is -2.34. The van der Waals surface area contributed by atoms with Gasteiger partial charge in [-0.1, -0.05) is 0 Å². The van der Waals surface area contributed by atoms with Crippen molar-refractivity contribution >= 4 is 28.7 Å². The van der Waals surface area contributed by atoms with Gasteiger partial charge in [0.05, 0.1) is 22.6 Å². The first-order chi connectivity index (χ1) is 12.7. The molecular formula is C19H19FN4OS. The maximum absolute atomic E-state index is 13.5. The Morgan fingerprint density at radius 3 is 3.08 bits per heavy atom. The van der Waals surface area contributed by atoms with Crippen molar-refractivity contribution in [2.24, 2.45) is 0 Å². The second-order valence-electron chi connectivity index (χ2n) is 6.35. The molecule has 2 aromatic heterocycles. The predicted octanol–water partition coefficient (Wildman–Crippen LogP) is 4.19. The Kier molecular flexibility index (Phi) is 4.63. The maximum atomic E-state index is 13.5. The fourth-order valence-electron chi connectivity index (χ4n) is 3.49. The number of fused-ring (bicyclic) bond motifs is 1. The van der Waals surface area contributed by atoms with E-state index < -0.39 is 0 Å². The van der Waals surface area contributed by atoms with Crippen LogP contribution in [0.2, 0.25) is 0 Å². The summed E-state index contributed by atoms with van der Waals surface area (Å²) in [7, 11) is 0. The number of hydrogen-bond acceptors (Lipinski definition) is 4. The summed E-state index contributed by atoms with van der Waals surface area (Å²) in [6, 6.07) is 7.97. The van der Waals surface area contributed by atoms with Gasteiger partial charge in [-0.25, -0.2) is 14.4 Å². The summed E-state index contributed by atoms with van der Waals surface area (Å²) in [5.41, 5.74) is 1.99. The van der Waals surface area contributed by atoms with Crippen molar-refractivity contribution in [3.8, 4) is 0 Å². The number of hydrogen-bond donors (Lipinski definition) is 1. The number of thioether (sulfide) groups is 1. The highest BCUT2D eigenvalue weighted by atomic mass is 32.2. The van der Waals surface area contributed by atoms with Gasteiger partial charge in [-0.15, -0.1) is 11.8 Å². The van der Waals surface area contributed by atoms with Crippen molar-refractivity contribution in [3.05, 3.63) is 53.7 Å². The molecule has 134 valence electrons. The number of carbonyl (C=O) groups is 1. The van der Waals surface area contributed by atoms with Crippen LogP contribution in [0.3, 0.4) is 0 Å². The molecule has 26 heavy (non-hydrogen) atoms. The van der Waals surface area contributed by atoms with Gasteiger partial charge < -0.3 is 9.88 Å². The van der Waals surface area contributed by atoms with Crippen LogP contribution in [0.4, 0.5) is 4.39 Å². The molecule has 0 saturated carbocycles. The first-order valence-corrected chi connectivity index (χ1v) is 9.85. The van der Waals surface area contributed by atoms with Crippen LogP contribution >= 0.6 is 11.8 Å². The molecule has 0 aliphatic carbocycles. The normalized spacial score (nSPS) is 17.6. The Hall–Kier alpha value is -2.41. The predicted molar refractivity (Wildman–Crippen MR) is 99.7 cm³/mol. The molecule has 1 N–H and O–H groups in total. The molecule has 0 unspecified atom stereocenters. The fourth-order valence-corrected chi connectivity index (χ4v) is 4.03. The molecule has 0 spiro atoms.